The van der Waals surface area contributed by atoms with Crippen LogP contribution in [0.4, 0.5) is 0 Å². The van der Waals surface area contributed by atoms with Gasteiger partial charge in [0.2, 0.25) is 0 Å². The molecule has 0 saturated heterocycles. The van der Waals surface area contributed by atoms with Gasteiger partial charge in [-0.05, 0) is 34.9 Å². The Kier molecular flexibility index (Phi) is 4.79. The SMILES string of the molecule is COc1ccc(-c2cccc(-c3c(C#N)c(S)[nH]c(=O)c3C#N)c2)cc1. The molecule has 26 heavy (non-hydrogen) atoms. The average molecular weight is 359 g/mol. The highest BCUT2D eigenvalue weighted by Gasteiger charge is 2.18. The Labute approximate surface area is 155 Å². The molecule has 0 amide bonds. The molecular formula is C20H13N3O2S. The molecule has 6 heteroatoms. The van der Waals surface area contributed by atoms with E-state index in [0.29, 0.717) is 11.1 Å². The fourth-order valence-electron chi connectivity index (χ4n) is 2.73. The predicted molar refractivity (Wildman–Crippen MR) is 101 cm³/mol. The van der Waals surface area contributed by atoms with E-state index >= 15 is 0 Å². The second-order valence-corrected chi connectivity index (χ2v) is 5.91. The lowest BCUT2D eigenvalue weighted by molar-refractivity contribution is 0.415. The van der Waals surface area contributed by atoms with Crippen LogP contribution in [0.1, 0.15) is 11.1 Å². The number of benzene rings is 2. The molecule has 126 valence electrons. The molecule has 1 N–H and O–H groups in total. The van der Waals surface area contributed by atoms with Gasteiger partial charge in [-0.3, -0.25) is 4.79 Å². The number of thiol groups is 1. The van der Waals surface area contributed by atoms with Crippen LogP contribution in [0.25, 0.3) is 22.3 Å². The smallest absolute Gasteiger partial charge is 0.267 e. The van der Waals surface area contributed by atoms with Crippen LogP contribution >= 0.6 is 12.6 Å². The fourth-order valence-corrected chi connectivity index (χ4v) is 2.99. The van der Waals surface area contributed by atoms with Crippen molar-refractivity contribution < 1.29 is 4.74 Å². The van der Waals surface area contributed by atoms with E-state index in [1.165, 1.54) is 0 Å². The third-order valence-electron chi connectivity index (χ3n) is 3.99. The molecular weight excluding hydrogens is 346 g/mol. The molecule has 0 unspecified atom stereocenters. The first-order chi connectivity index (χ1) is 12.6. The topological polar surface area (TPSA) is 89.7 Å². The zero-order valence-electron chi connectivity index (χ0n) is 13.8. The minimum absolute atomic E-state index is 0.105. The van der Waals surface area contributed by atoms with Crippen LogP contribution in [0, 0.1) is 22.7 Å². The van der Waals surface area contributed by atoms with Gasteiger partial charge in [-0.1, -0.05) is 30.3 Å². The third-order valence-corrected chi connectivity index (χ3v) is 4.33. The summed E-state index contributed by atoms with van der Waals surface area (Å²) in [6, 6.07) is 18.8. The third kappa shape index (κ3) is 3.06. The van der Waals surface area contributed by atoms with E-state index in [9.17, 15) is 15.3 Å². The van der Waals surface area contributed by atoms with Gasteiger partial charge in [0.15, 0.2) is 0 Å². The summed E-state index contributed by atoms with van der Waals surface area (Å²) < 4.78 is 5.17. The average Bonchev–Trinajstić information content (AvgIpc) is 2.67. The lowest BCUT2D eigenvalue weighted by Crippen LogP contribution is -2.14. The summed E-state index contributed by atoms with van der Waals surface area (Å²) >= 11 is 4.17. The van der Waals surface area contributed by atoms with Crippen LogP contribution in [0.3, 0.4) is 0 Å². The molecule has 3 rings (SSSR count). The summed E-state index contributed by atoms with van der Waals surface area (Å²) in [6.45, 7) is 0. The maximum atomic E-state index is 12.1. The monoisotopic (exact) mass is 359 g/mol. The summed E-state index contributed by atoms with van der Waals surface area (Å²) in [7, 11) is 1.60. The number of methoxy groups -OCH3 is 1. The highest BCUT2D eigenvalue weighted by molar-refractivity contribution is 7.80. The molecule has 0 atom stereocenters. The predicted octanol–water partition coefficient (Wildman–Crippen LogP) is 3.75. The second kappa shape index (κ2) is 7.18. The number of hydrogen-bond donors (Lipinski definition) is 2. The molecule has 0 aliphatic heterocycles. The normalized spacial score (nSPS) is 10.0. The minimum atomic E-state index is -0.568. The summed E-state index contributed by atoms with van der Waals surface area (Å²) in [5.41, 5.74) is 2.22. The van der Waals surface area contributed by atoms with E-state index in [0.717, 1.165) is 16.9 Å². The number of H-pyrrole nitrogens is 1. The largest absolute Gasteiger partial charge is 0.497 e. The lowest BCUT2D eigenvalue weighted by Gasteiger charge is -2.10. The van der Waals surface area contributed by atoms with Crippen molar-refractivity contribution in [1.29, 1.82) is 10.5 Å². The maximum Gasteiger partial charge on any atom is 0.267 e. The molecule has 0 radical (unpaired) electrons. The number of nitrogens with zero attached hydrogens (tertiary/aromatic N) is 2. The van der Waals surface area contributed by atoms with E-state index in [4.69, 9.17) is 4.74 Å². The minimum Gasteiger partial charge on any atom is -0.497 e. The van der Waals surface area contributed by atoms with Crippen molar-refractivity contribution in [2.75, 3.05) is 7.11 Å². The van der Waals surface area contributed by atoms with Crippen LogP contribution in [0.5, 0.6) is 5.75 Å². The molecule has 2 aromatic carbocycles. The number of rotatable bonds is 3. The Morgan fingerprint density at radius 1 is 0.962 bits per heavy atom. The summed E-state index contributed by atoms with van der Waals surface area (Å²) in [5, 5.41) is 19.0. The van der Waals surface area contributed by atoms with Crippen molar-refractivity contribution in [3.05, 3.63) is 70.0 Å². The van der Waals surface area contributed by atoms with E-state index < -0.39 is 5.56 Å². The molecule has 5 nitrogen and oxygen atoms in total. The number of nitriles is 2. The number of aromatic nitrogens is 1. The van der Waals surface area contributed by atoms with E-state index in [1.807, 2.05) is 54.6 Å². The maximum absolute atomic E-state index is 12.1. The van der Waals surface area contributed by atoms with Crippen molar-refractivity contribution in [3.8, 4) is 40.1 Å². The Morgan fingerprint density at radius 2 is 1.62 bits per heavy atom. The standard InChI is InChI=1S/C20H13N3O2S/c1-25-15-7-5-12(6-8-15)13-3-2-4-14(9-13)18-16(10-21)19(24)23-20(26)17(18)11-22/h2-9H,1H3,(H2,23,24,26). The molecule has 0 aliphatic carbocycles. The fraction of sp³-hybridized carbons (Fsp3) is 0.0500. The molecule has 0 fully saturated rings. The second-order valence-electron chi connectivity index (χ2n) is 5.46. The summed E-state index contributed by atoms with van der Waals surface area (Å²) in [5.74, 6) is 0.748. The molecule has 0 aliphatic rings. The Bertz CT molecular complexity index is 1120. The molecule has 0 spiro atoms. The van der Waals surface area contributed by atoms with Gasteiger partial charge in [0.05, 0.1) is 17.7 Å². The lowest BCUT2D eigenvalue weighted by atomic mass is 9.94. The van der Waals surface area contributed by atoms with Gasteiger partial charge in [-0.15, -0.1) is 12.6 Å². The van der Waals surface area contributed by atoms with Gasteiger partial charge >= 0.3 is 0 Å². The van der Waals surface area contributed by atoms with Gasteiger partial charge in [0, 0.05) is 5.56 Å². The first kappa shape index (κ1) is 17.3. The van der Waals surface area contributed by atoms with Crippen LogP contribution in [0.2, 0.25) is 0 Å². The van der Waals surface area contributed by atoms with Gasteiger partial charge in [0.25, 0.3) is 5.56 Å². The zero-order chi connectivity index (χ0) is 18.7. The molecule has 0 saturated carbocycles. The summed E-state index contributed by atoms with van der Waals surface area (Å²) in [6.07, 6.45) is 0. The van der Waals surface area contributed by atoms with Gasteiger partial charge in [0.1, 0.15) is 23.5 Å². The van der Waals surface area contributed by atoms with Gasteiger partial charge in [-0.25, -0.2) is 0 Å². The van der Waals surface area contributed by atoms with Crippen LogP contribution < -0.4 is 10.3 Å². The first-order valence-electron chi connectivity index (χ1n) is 7.63. The van der Waals surface area contributed by atoms with Crippen LogP contribution in [-0.2, 0) is 0 Å². The Morgan fingerprint density at radius 3 is 2.23 bits per heavy atom. The van der Waals surface area contributed by atoms with Gasteiger partial charge < -0.3 is 9.72 Å². The van der Waals surface area contributed by atoms with Crippen molar-refractivity contribution in [2.24, 2.45) is 0 Å². The van der Waals surface area contributed by atoms with Crippen molar-refractivity contribution in [3.63, 3.8) is 0 Å². The molecule has 0 bridgehead atoms. The number of hydrogen-bond acceptors (Lipinski definition) is 5. The van der Waals surface area contributed by atoms with E-state index in [1.54, 1.807) is 13.2 Å². The Hall–Kier alpha value is -3.48. The van der Waals surface area contributed by atoms with Crippen molar-refractivity contribution in [2.45, 2.75) is 5.03 Å². The van der Waals surface area contributed by atoms with Crippen molar-refractivity contribution >= 4 is 12.6 Å². The highest BCUT2D eigenvalue weighted by atomic mass is 32.1. The van der Waals surface area contributed by atoms with Crippen molar-refractivity contribution in [1.82, 2.24) is 4.98 Å². The Balaban J connectivity index is 2.22. The van der Waals surface area contributed by atoms with Gasteiger partial charge in [-0.2, -0.15) is 10.5 Å². The van der Waals surface area contributed by atoms with E-state index in [2.05, 4.69) is 17.6 Å². The molecule has 1 heterocycles. The van der Waals surface area contributed by atoms with Crippen LogP contribution in [-0.4, -0.2) is 12.1 Å². The zero-order valence-corrected chi connectivity index (χ0v) is 14.7. The van der Waals surface area contributed by atoms with Crippen LogP contribution in [0.15, 0.2) is 58.4 Å². The number of aromatic amines is 1. The number of ether oxygens (including phenoxy) is 1. The quantitative estimate of drug-likeness (QED) is 0.697. The molecule has 3 aromatic rings. The first-order valence-corrected chi connectivity index (χ1v) is 8.08. The van der Waals surface area contributed by atoms with E-state index in [-0.39, 0.29) is 16.2 Å². The number of nitrogens with one attached hydrogen (secondary N) is 1. The summed E-state index contributed by atoms with van der Waals surface area (Å²) in [4.78, 5) is 14.5. The molecule has 1 aromatic heterocycles. The highest BCUT2D eigenvalue weighted by Crippen LogP contribution is 2.32. The number of pyridine rings is 1.